The number of aliphatic carboxylic acids is 1. The molecule has 0 fully saturated rings. The predicted molar refractivity (Wildman–Crippen MR) is 56.7 cm³/mol. The number of hydrogen-bond donors (Lipinski definition) is 2. The van der Waals surface area contributed by atoms with Gasteiger partial charge < -0.3 is 10.2 Å². The number of nitro benzene ring substituents is 1. The summed E-state index contributed by atoms with van der Waals surface area (Å²) in [5.41, 5.74) is -0.658. The van der Waals surface area contributed by atoms with Gasteiger partial charge in [0.25, 0.3) is 5.69 Å². The van der Waals surface area contributed by atoms with E-state index in [0.29, 0.717) is 0 Å². The Morgan fingerprint density at radius 1 is 1.29 bits per heavy atom. The number of rotatable bonds is 4. The zero-order valence-corrected chi connectivity index (χ0v) is 8.36. The van der Waals surface area contributed by atoms with Crippen LogP contribution in [0.25, 0.3) is 6.08 Å². The average Bonchev–Trinajstić information content (AvgIpc) is 2.25. The van der Waals surface area contributed by atoms with E-state index in [1.54, 1.807) is 0 Å². The van der Waals surface area contributed by atoms with Gasteiger partial charge in [0.15, 0.2) is 0 Å². The quantitative estimate of drug-likeness (QED) is 0.464. The highest BCUT2D eigenvalue weighted by atomic mass is 16.6. The zero-order valence-electron chi connectivity index (χ0n) is 8.36. The van der Waals surface area contributed by atoms with E-state index in [0.717, 1.165) is 24.3 Å². The lowest BCUT2D eigenvalue weighted by Crippen LogP contribution is -1.99. The number of aromatic carboxylic acids is 1. The number of carbonyl (C=O) groups is 2. The van der Waals surface area contributed by atoms with Gasteiger partial charge in [-0.05, 0) is 18.2 Å². The molecule has 1 aromatic carbocycles. The third-order valence-electron chi connectivity index (χ3n) is 1.88. The molecule has 0 radical (unpaired) electrons. The van der Waals surface area contributed by atoms with Gasteiger partial charge >= 0.3 is 11.9 Å². The zero-order chi connectivity index (χ0) is 13.0. The Hall–Kier alpha value is -2.70. The molecule has 0 aromatic heterocycles. The van der Waals surface area contributed by atoms with Crippen molar-refractivity contribution in [2.24, 2.45) is 0 Å². The molecule has 0 atom stereocenters. The van der Waals surface area contributed by atoms with Crippen LogP contribution in [-0.2, 0) is 4.79 Å². The summed E-state index contributed by atoms with van der Waals surface area (Å²) in [6.07, 6.45) is 1.77. The third kappa shape index (κ3) is 3.13. The first-order valence-corrected chi connectivity index (χ1v) is 4.34. The van der Waals surface area contributed by atoms with Gasteiger partial charge in [-0.3, -0.25) is 10.1 Å². The van der Waals surface area contributed by atoms with Crippen molar-refractivity contribution < 1.29 is 24.7 Å². The van der Waals surface area contributed by atoms with Gasteiger partial charge in [-0.15, -0.1) is 0 Å². The maximum absolute atomic E-state index is 10.7. The normalized spacial score (nSPS) is 10.4. The molecule has 0 bridgehead atoms. The molecule has 0 saturated carbocycles. The summed E-state index contributed by atoms with van der Waals surface area (Å²) >= 11 is 0. The van der Waals surface area contributed by atoms with Crippen molar-refractivity contribution in [1.29, 1.82) is 0 Å². The Labute approximate surface area is 94.8 Å². The standard InChI is InChI=1S/C10H7NO6/c12-9(13)4-3-6-1-2-7(10(14)15)5-8(6)11(16)17/h1-5H,(H,12,13)(H,14,15). The second-order valence-corrected chi connectivity index (χ2v) is 3.01. The molecule has 7 heteroatoms. The smallest absolute Gasteiger partial charge is 0.335 e. The lowest BCUT2D eigenvalue weighted by Gasteiger charge is -1.99. The maximum Gasteiger partial charge on any atom is 0.335 e. The van der Waals surface area contributed by atoms with Gasteiger partial charge in [0.1, 0.15) is 0 Å². The fourth-order valence-corrected chi connectivity index (χ4v) is 1.14. The number of nitro groups is 1. The van der Waals surface area contributed by atoms with E-state index in [-0.39, 0.29) is 11.1 Å². The Balaban J connectivity index is 3.27. The molecule has 0 aliphatic rings. The Bertz CT molecular complexity index is 520. The summed E-state index contributed by atoms with van der Waals surface area (Å²) in [5, 5.41) is 27.7. The van der Waals surface area contributed by atoms with E-state index in [9.17, 15) is 19.7 Å². The summed E-state index contributed by atoms with van der Waals surface area (Å²) in [6, 6.07) is 3.22. The largest absolute Gasteiger partial charge is 0.478 e. The molecule has 17 heavy (non-hydrogen) atoms. The number of carboxylic acids is 2. The van der Waals surface area contributed by atoms with Crippen LogP contribution < -0.4 is 0 Å². The van der Waals surface area contributed by atoms with Gasteiger partial charge in [-0.2, -0.15) is 0 Å². The van der Waals surface area contributed by atoms with Crippen molar-refractivity contribution in [2.45, 2.75) is 0 Å². The number of hydrogen-bond acceptors (Lipinski definition) is 4. The van der Waals surface area contributed by atoms with Crippen LogP contribution in [0.2, 0.25) is 0 Å². The summed E-state index contributed by atoms with van der Waals surface area (Å²) in [4.78, 5) is 30.8. The molecular weight excluding hydrogens is 230 g/mol. The molecule has 1 aromatic rings. The first-order valence-electron chi connectivity index (χ1n) is 4.34. The minimum Gasteiger partial charge on any atom is -0.478 e. The van der Waals surface area contributed by atoms with Crippen molar-refractivity contribution >= 4 is 23.7 Å². The van der Waals surface area contributed by atoms with Crippen molar-refractivity contribution in [3.05, 3.63) is 45.5 Å². The molecule has 0 amide bonds. The molecule has 7 nitrogen and oxygen atoms in total. The fraction of sp³-hybridized carbons (Fsp3) is 0. The van der Waals surface area contributed by atoms with E-state index >= 15 is 0 Å². The van der Waals surface area contributed by atoms with Crippen molar-refractivity contribution in [3.63, 3.8) is 0 Å². The highest BCUT2D eigenvalue weighted by Gasteiger charge is 2.15. The molecule has 88 valence electrons. The topological polar surface area (TPSA) is 118 Å². The summed E-state index contributed by atoms with van der Waals surface area (Å²) in [5.74, 6) is -2.54. The Morgan fingerprint density at radius 3 is 2.41 bits per heavy atom. The van der Waals surface area contributed by atoms with Crippen LogP contribution in [0.15, 0.2) is 24.3 Å². The molecule has 0 unspecified atom stereocenters. The number of carboxylic acid groups (broad SMARTS) is 2. The predicted octanol–water partition coefficient (Wildman–Crippen LogP) is 1.39. The van der Waals surface area contributed by atoms with Crippen molar-refractivity contribution in [3.8, 4) is 0 Å². The van der Waals surface area contributed by atoms with Crippen LogP contribution in [0, 0.1) is 10.1 Å². The van der Waals surface area contributed by atoms with Gasteiger partial charge in [0.2, 0.25) is 0 Å². The molecule has 0 aliphatic heterocycles. The van der Waals surface area contributed by atoms with Crippen LogP contribution in [0.3, 0.4) is 0 Å². The van der Waals surface area contributed by atoms with E-state index in [2.05, 4.69) is 0 Å². The summed E-state index contributed by atoms with van der Waals surface area (Å²) < 4.78 is 0. The van der Waals surface area contributed by atoms with E-state index < -0.39 is 22.5 Å². The lowest BCUT2D eigenvalue weighted by molar-refractivity contribution is -0.385. The minimum atomic E-state index is -1.29. The van der Waals surface area contributed by atoms with Crippen LogP contribution in [0.4, 0.5) is 5.69 Å². The van der Waals surface area contributed by atoms with Crippen LogP contribution in [0.5, 0.6) is 0 Å². The van der Waals surface area contributed by atoms with E-state index in [1.807, 2.05) is 0 Å². The van der Waals surface area contributed by atoms with Gasteiger partial charge in [-0.1, -0.05) is 0 Å². The van der Waals surface area contributed by atoms with E-state index in [1.165, 1.54) is 6.07 Å². The second kappa shape index (κ2) is 4.88. The third-order valence-corrected chi connectivity index (χ3v) is 1.88. The van der Waals surface area contributed by atoms with Gasteiger partial charge in [0, 0.05) is 12.1 Å². The molecule has 0 aliphatic carbocycles. The summed E-state index contributed by atoms with van der Waals surface area (Å²) in [6.45, 7) is 0. The average molecular weight is 237 g/mol. The minimum absolute atomic E-state index is 0.0300. The first-order chi connectivity index (χ1) is 7.91. The summed E-state index contributed by atoms with van der Waals surface area (Å²) in [7, 11) is 0. The van der Waals surface area contributed by atoms with Crippen molar-refractivity contribution in [2.75, 3.05) is 0 Å². The number of benzene rings is 1. The highest BCUT2D eigenvalue weighted by molar-refractivity contribution is 5.90. The molecular formula is C10H7NO6. The van der Waals surface area contributed by atoms with Gasteiger partial charge in [0.05, 0.1) is 16.1 Å². The molecule has 2 N–H and O–H groups in total. The van der Waals surface area contributed by atoms with Crippen LogP contribution >= 0.6 is 0 Å². The SMILES string of the molecule is O=C(O)C=Cc1ccc(C(=O)O)cc1[N+](=O)[O-]. The van der Waals surface area contributed by atoms with Crippen molar-refractivity contribution in [1.82, 2.24) is 0 Å². The Kier molecular flexibility index (Phi) is 3.55. The van der Waals surface area contributed by atoms with Crippen LogP contribution in [0.1, 0.15) is 15.9 Å². The van der Waals surface area contributed by atoms with Crippen LogP contribution in [-0.4, -0.2) is 27.1 Å². The van der Waals surface area contributed by atoms with Gasteiger partial charge in [-0.25, -0.2) is 9.59 Å². The number of nitrogens with zero attached hydrogens (tertiary/aromatic N) is 1. The fourth-order valence-electron chi connectivity index (χ4n) is 1.14. The maximum atomic E-state index is 10.7. The highest BCUT2D eigenvalue weighted by Crippen LogP contribution is 2.21. The lowest BCUT2D eigenvalue weighted by atomic mass is 10.1. The molecule has 0 spiro atoms. The first kappa shape index (κ1) is 12.4. The molecule has 1 rings (SSSR count). The monoisotopic (exact) mass is 237 g/mol. The Morgan fingerprint density at radius 2 is 1.94 bits per heavy atom. The van der Waals surface area contributed by atoms with E-state index in [4.69, 9.17) is 10.2 Å². The second-order valence-electron chi connectivity index (χ2n) is 3.01. The molecule has 0 saturated heterocycles. The molecule has 0 heterocycles.